The van der Waals surface area contributed by atoms with E-state index < -0.39 is 11.7 Å². The van der Waals surface area contributed by atoms with Crippen LogP contribution < -0.4 is 16.4 Å². The Hall–Kier alpha value is -2.59. The highest BCUT2D eigenvalue weighted by Crippen LogP contribution is 2.49. The number of nitrogens with one attached hydrogen (secondary N) is 2. The number of nitrogen functional groups attached to an aromatic ring is 1. The molecule has 32 heavy (non-hydrogen) atoms. The van der Waals surface area contributed by atoms with Gasteiger partial charge in [-0.25, -0.2) is 9.97 Å². The first kappa shape index (κ1) is 21.3. The summed E-state index contributed by atoms with van der Waals surface area (Å²) in [4.78, 5) is 23.2. The Morgan fingerprint density at radius 1 is 1.25 bits per heavy atom. The maximum atomic E-state index is 13.1. The number of carbonyl (C=O) groups excluding carboxylic acids is 1. The van der Waals surface area contributed by atoms with Gasteiger partial charge in [0.2, 0.25) is 11.2 Å². The SMILES string of the molecule is Nc1cc(CNc2nc(Cl)nc3c2CN(C(=O)C2CC4(CNC4)C2)C3)cc(C(F)(F)F)c1. The third-order valence-electron chi connectivity index (χ3n) is 6.58. The summed E-state index contributed by atoms with van der Waals surface area (Å²) in [5.41, 5.74) is 6.92. The predicted molar refractivity (Wildman–Crippen MR) is 113 cm³/mol. The molecular formula is C21H22ClF3N6O. The number of fused-ring (bicyclic) bond motifs is 1. The lowest BCUT2D eigenvalue weighted by Gasteiger charge is -2.54. The van der Waals surface area contributed by atoms with E-state index in [0.717, 1.165) is 43.6 Å². The Balaban J connectivity index is 1.29. The third-order valence-corrected chi connectivity index (χ3v) is 6.75. The minimum Gasteiger partial charge on any atom is -0.399 e. The Morgan fingerprint density at radius 2 is 2.00 bits per heavy atom. The number of hydrogen-bond donors (Lipinski definition) is 3. The zero-order chi connectivity index (χ0) is 22.7. The molecule has 1 aromatic heterocycles. The van der Waals surface area contributed by atoms with Gasteiger partial charge >= 0.3 is 6.18 Å². The lowest BCUT2D eigenvalue weighted by atomic mass is 9.58. The van der Waals surface area contributed by atoms with Crippen LogP contribution in [0.3, 0.4) is 0 Å². The van der Waals surface area contributed by atoms with E-state index in [0.29, 0.717) is 35.6 Å². The molecule has 1 saturated carbocycles. The highest BCUT2D eigenvalue weighted by molar-refractivity contribution is 6.28. The number of anilines is 2. The van der Waals surface area contributed by atoms with Gasteiger partial charge in [-0.2, -0.15) is 13.2 Å². The number of nitrogens with two attached hydrogens (primary N) is 1. The van der Waals surface area contributed by atoms with Gasteiger partial charge in [-0.1, -0.05) is 0 Å². The van der Waals surface area contributed by atoms with E-state index in [1.54, 1.807) is 4.90 Å². The molecule has 3 heterocycles. The first-order valence-corrected chi connectivity index (χ1v) is 10.7. The van der Waals surface area contributed by atoms with E-state index in [9.17, 15) is 18.0 Å². The Labute approximate surface area is 187 Å². The molecule has 0 unspecified atom stereocenters. The fourth-order valence-corrected chi connectivity index (χ4v) is 5.07. The first-order chi connectivity index (χ1) is 15.1. The summed E-state index contributed by atoms with van der Waals surface area (Å²) < 4.78 is 39.2. The monoisotopic (exact) mass is 466 g/mol. The molecule has 7 nitrogen and oxygen atoms in total. The number of nitrogens with zero attached hydrogens (tertiary/aromatic N) is 3. The van der Waals surface area contributed by atoms with Crippen LogP contribution in [0.1, 0.15) is 35.2 Å². The largest absolute Gasteiger partial charge is 0.416 e. The molecule has 5 rings (SSSR count). The normalized spacial score (nSPS) is 19.4. The van der Waals surface area contributed by atoms with Gasteiger partial charge in [0.15, 0.2) is 0 Å². The smallest absolute Gasteiger partial charge is 0.399 e. The molecule has 2 aromatic rings. The number of hydrogen-bond acceptors (Lipinski definition) is 6. The van der Waals surface area contributed by atoms with Crippen molar-refractivity contribution in [3.8, 4) is 0 Å². The molecule has 2 aliphatic heterocycles. The lowest BCUT2D eigenvalue weighted by Crippen LogP contribution is -2.62. The van der Waals surface area contributed by atoms with Crippen LogP contribution in [-0.4, -0.2) is 33.9 Å². The molecule has 0 bridgehead atoms. The van der Waals surface area contributed by atoms with Crippen molar-refractivity contribution in [3.05, 3.63) is 45.9 Å². The standard InChI is InChI=1S/C21H22ClF3N6O/c22-19-29-16-8-31(18(32)12-4-20(5-12)9-27-10-20)7-15(16)17(30-19)28-6-11-1-13(21(23,24)25)3-14(26)2-11/h1-3,12,27H,4-10,26H2,(H,28,29,30). The van der Waals surface area contributed by atoms with Crippen LogP contribution in [-0.2, 0) is 30.6 Å². The van der Waals surface area contributed by atoms with E-state index >= 15 is 0 Å². The molecule has 1 saturated heterocycles. The lowest BCUT2D eigenvalue weighted by molar-refractivity contribution is -0.146. The van der Waals surface area contributed by atoms with Gasteiger partial charge in [0.1, 0.15) is 5.82 Å². The van der Waals surface area contributed by atoms with Crippen molar-refractivity contribution in [2.75, 3.05) is 24.1 Å². The average molecular weight is 467 g/mol. The Bertz CT molecular complexity index is 1080. The molecule has 0 atom stereocenters. The van der Waals surface area contributed by atoms with Crippen molar-refractivity contribution in [2.45, 2.75) is 38.7 Å². The summed E-state index contributed by atoms with van der Waals surface area (Å²) >= 11 is 6.07. The molecule has 1 aromatic carbocycles. The van der Waals surface area contributed by atoms with E-state index in [1.165, 1.54) is 6.07 Å². The van der Waals surface area contributed by atoms with Crippen molar-refractivity contribution in [1.82, 2.24) is 20.2 Å². The van der Waals surface area contributed by atoms with Crippen LogP contribution in [0.4, 0.5) is 24.7 Å². The van der Waals surface area contributed by atoms with Gasteiger partial charge in [0.25, 0.3) is 0 Å². The molecule has 0 radical (unpaired) electrons. The summed E-state index contributed by atoms with van der Waals surface area (Å²) in [7, 11) is 0. The number of rotatable bonds is 4. The van der Waals surface area contributed by atoms with Crippen molar-refractivity contribution in [2.24, 2.45) is 11.3 Å². The molecule has 2 fully saturated rings. The van der Waals surface area contributed by atoms with Crippen molar-refractivity contribution in [1.29, 1.82) is 0 Å². The van der Waals surface area contributed by atoms with Gasteiger partial charge in [0, 0.05) is 36.8 Å². The summed E-state index contributed by atoms with van der Waals surface area (Å²) in [6.07, 6.45) is -2.68. The zero-order valence-electron chi connectivity index (χ0n) is 17.1. The second-order valence-electron chi connectivity index (χ2n) is 8.98. The minimum atomic E-state index is -4.49. The predicted octanol–water partition coefficient (Wildman–Crippen LogP) is 3.18. The van der Waals surface area contributed by atoms with Crippen molar-refractivity contribution >= 4 is 29.0 Å². The fourth-order valence-electron chi connectivity index (χ4n) is 4.88. The van der Waals surface area contributed by atoms with Crippen LogP contribution in [0.15, 0.2) is 18.2 Å². The maximum absolute atomic E-state index is 13.1. The number of carbonyl (C=O) groups is 1. The summed E-state index contributed by atoms with van der Waals surface area (Å²) in [5, 5.41) is 6.34. The Morgan fingerprint density at radius 3 is 2.66 bits per heavy atom. The summed E-state index contributed by atoms with van der Waals surface area (Å²) in [5.74, 6) is 0.548. The van der Waals surface area contributed by atoms with Gasteiger partial charge in [-0.05, 0) is 53.6 Å². The molecule has 1 aliphatic carbocycles. The average Bonchev–Trinajstić information content (AvgIpc) is 3.06. The number of alkyl halides is 3. The number of aromatic nitrogens is 2. The maximum Gasteiger partial charge on any atom is 0.416 e. The fraction of sp³-hybridized carbons (Fsp3) is 0.476. The number of amides is 1. The van der Waals surface area contributed by atoms with Crippen LogP contribution in [0.2, 0.25) is 5.28 Å². The molecule has 1 amide bonds. The summed E-state index contributed by atoms with van der Waals surface area (Å²) in [6.45, 7) is 2.72. The number of benzene rings is 1. The summed E-state index contributed by atoms with van der Waals surface area (Å²) in [6, 6.07) is 3.42. The minimum absolute atomic E-state index is 0.0206. The molecular weight excluding hydrogens is 445 g/mol. The Kier molecular flexibility index (Phi) is 4.97. The first-order valence-electron chi connectivity index (χ1n) is 10.4. The van der Waals surface area contributed by atoms with Crippen LogP contribution in [0.5, 0.6) is 0 Å². The van der Waals surface area contributed by atoms with Gasteiger partial charge in [0.05, 0.1) is 24.3 Å². The van der Waals surface area contributed by atoms with E-state index in [4.69, 9.17) is 17.3 Å². The van der Waals surface area contributed by atoms with E-state index in [-0.39, 0.29) is 29.3 Å². The zero-order valence-corrected chi connectivity index (χ0v) is 17.9. The van der Waals surface area contributed by atoms with Gasteiger partial charge < -0.3 is 21.3 Å². The van der Waals surface area contributed by atoms with Crippen LogP contribution in [0.25, 0.3) is 0 Å². The molecule has 3 aliphatic rings. The van der Waals surface area contributed by atoms with E-state index in [2.05, 4.69) is 20.6 Å². The third kappa shape index (κ3) is 3.86. The topological polar surface area (TPSA) is 96.2 Å². The van der Waals surface area contributed by atoms with Crippen molar-refractivity contribution in [3.63, 3.8) is 0 Å². The second kappa shape index (κ2) is 7.48. The van der Waals surface area contributed by atoms with Crippen molar-refractivity contribution < 1.29 is 18.0 Å². The molecule has 170 valence electrons. The quantitative estimate of drug-likeness (QED) is 0.473. The van der Waals surface area contributed by atoms with Gasteiger partial charge in [-0.15, -0.1) is 0 Å². The molecule has 4 N–H and O–H groups in total. The molecule has 1 spiro atoms. The number of halogens is 4. The molecule has 11 heteroatoms. The van der Waals surface area contributed by atoms with Gasteiger partial charge in [-0.3, -0.25) is 4.79 Å². The second-order valence-corrected chi connectivity index (χ2v) is 9.32. The van der Waals surface area contributed by atoms with E-state index in [1.807, 2.05) is 0 Å². The highest BCUT2D eigenvalue weighted by atomic mass is 35.5. The highest BCUT2D eigenvalue weighted by Gasteiger charge is 2.52. The van der Waals surface area contributed by atoms with Crippen LogP contribution in [0, 0.1) is 11.3 Å². The van der Waals surface area contributed by atoms with Crippen LogP contribution >= 0.6 is 11.6 Å².